The molecule has 0 saturated carbocycles. The summed E-state index contributed by atoms with van der Waals surface area (Å²) in [6, 6.07) is 15.4. The second kappa shape index (κ2) is 7.96. The molecule has 0 unspecified atom stereocenters. The lowest BCUT2D eigenvalue weighted by Crippen LogP contribution is -2.25. The summed E-state index contributed by atoms with van der Waals surface area (Å²) in [6.45, 7) is 2.05. The maximum Gasteiger partial charge on any atom is 0.264 e. The van der Waals surface area contributed by atoms with Crippen LogP contribution in [0.4, 0.5) is 5.82 Å². The summed E-state index contributed by atoms with van der Waals surface area (Å²) in [5, 5.41) is 14.9. The average molecular weight is 468 g/mol. The Balaban J connectivity index is 1.55. The van der Waals surface area contributed by atoms with E-state index < -0.39 is 0 Å². The Morgan fingerprint density at radius 3 is 2.71 bits per heavy atom. The van der Waals surface area contributed by atoms with Gasteiger partial charge in [-0.05, 0) is 31.2 Å². The number of anilines is 1. The van der Waals surface area contributed by atoms with Crippen LogP contribution in [0, 0.1) is 0 Å². The lowest BCUT2D eigenvalue weighted by atomic mass is 10.1. The number of nitrogens with zero attached hydrogens (tertiary/aromatic N) is 6. The molecule has 5 heterocycles. The highest BCUT2D eigenvalue weighted by molar-refractivity contribution is 7.17. The highest BCUT2D eigenvalue weighted by Gasteiger charge is 2.21. The predicted octanol–water partition coefficient (Wildman–Crippen LogP) is 4.67. The number of fused-ring (bicyclic) bond motifs is 2. The highest BCUT2D eigenvalue weighted by Crippen LogP contribution is 2.34. The second-order valence-electron chi connectivity index (χ2n) is 8.13. The van der Waals surface area contributed by atoms with Crippen LogP contribution in [0.1, 0.15) is 18.7 Å². The lowest BCUT2D eigenvalue weighted by Gasteiger charge is -2.21. The smallest absolute Gasteiger partial charge is 0.264 e. The van der Waals surface area contributed by atoms with Crippen LogP contribution < -0.4 is 10.9 Å². The zero-order valence-electron chi connectivity index (χ0n) is 18.6. The molecule has 6 rings (SSSR count). The minimum atomic E-state index is -0.184. The van der Waals surface area contributed by atoms with Gasteiger partial charge >= 0.3 is 0 Å². The van der Waals surface area contributed by atoms with Crippen LogP contribution in [0.2, 0.25) is 0 Å². The third-order valence-corrected chi connectivity index (χ3v) is 6.83. The highest BCUT2D eigenvalue weighted by atomic mass is 32.1. The van der Waals surface area contributed by atoms with Crippen molar-refractivity contribution in [1.82, 2.24) is 28.9 Å². The molecule has 0 aliphatic carbocycles. The van der Waals surface area contributed by atoms with E-state index in [2.05, 4.69) is 26.6 Å². The topological polar surface area (TPSA) is 82.0 Å². The van der Waals surface area contributed by atoms with Crippen molar-refractivity contribution >= 4 is 32.9 Å². The van der Waals surface area contributed by atoms with Gasteiger partial charge in [-0.25, -0.2) is 4.98 Å². The first-order chi connectivity index (χ1) is 16.6. The van der Waals surface area contributed by atoms with Crippen LogP contribution in [0.15, 0.2) is 83.5 Å². The number of hydrogen-bond donors (Lipinski definition) is 1. The van der Waals surface area contributed by atoms with E-state index in [-0.39, 0.29) is 11.6 Å². The first-order valence-corrected chi connectivity index (χ1v) is 11.7. The Hall–Kier alpha value is -4.24. The van der Waals surface area contributed by atoms with E-state index in [1.54, 1.807) is 43.7 Å². The molecule has 0 saturated heterocycles. The average Bonchev–Trinajstić information content (AvgIpc) is 3.59. The number of pyridine rings is 1. The van der Waals surface area contributed by atoms with Crippen molar-refractivity contribution in [3.05, 3.63) is 94.7 Å². The summed E-state index contributed by atoms with van der Waals surface area (Å²) in [6.07, 6.45) is 7.20. The van der Waals surface area contributed by atoms with Crippen LogP contribution in [-0.2, 0) is 7.05 Å². The molecule has 9 heteroatoms. The van der Waals surface area contributed by atoms with Crippen LogP contribution in [0.5, 0.6) is 0 Å². The van der Waals surface area contributed by atoms with E-state index >= 15 is 0 Å². The Bertz CT molecular complexity index is 1690. The third-order valence-electron chi connectivity index (χ3n) is 5.90. The Labute approximate surface area is 198 Å². The molecule has 168 valence electrons. The third kappa shape index (κ3) is 3.29. The summed E-state index contributed by atoms with van der Waals surface area (Å²) in [5.41, 5.74) is 4.23. The molecule has 0 amide bonds. The Morgan fingerprint density at radius 1 is 1.06 bits per heavy atom. The summed E-state index contributed by atoms with van der Waals surface area (Å²) in [4.78, 5) is 18.4. The van der Waals surface area contributed by atoms with Gasteiger partial charge < -0.3 is 5.32 Å². The van der Waals surface area contributed by atoms with Crippen LogP contribution in [0.25, 0.3) is 32.5 Å². The molecule has 1 atom stereocenters. The van der Waals surface area contributed by atoms with Crippen molar-refractivity contribution in [1.29, 1.82) is 0 Å². The molecule has 6 aromatic rings. The number of para-hydroxylation sites is 1. The number of aryl methyl sites for hydroxylation is 1. The fourth-order valence-electron chi connectivity index (χ4n) is 4.30. The molecule has 34 heavy (non-hydrogen) atoms. The standard InChI is InChI=1S/C25H21N7OS/c1-16(29-23-8-10-26-22-9-11-27-32(22)23)20-12-21-24(19(15-34-21)17-13-28-30(2)14-17)25(33)31(20)18-6-4-3-5-7-18/h3-16,29H,1-2H3/t16-/m0/s1. The van der Waals surface area contributed by atoms with Crippen LogP contribution >= 0.6 is 11.3 Å². The summed E-state index contributed by atoms with van der Waals surface area (Å²) >= 11 is 1.57. The SMILES string of the molecule is C[C@H](Nc1ccnc2ccnn12)c1cc2scc(-c3cnn(C)c3)c2c(=O)n1-c1ccccc1. The molecule has 0 fully saturated rings. The molecule has 1 aromatic carbocycles. The van der Waals surface area contributed by atoms with Crippen molar-refractivity contribution in [2.24, 2.45) is 7.05 Å². The Kier molecular flexibility index (Phi) is 4.77. The summed E-state index contributed by atoms with van der Waals surface area (Å²) in [7, 11) is 1.88. The van der Waals surface area contributed by atoms with Gasteiger partial charge in [0, 0.05) is 58.1 Å². The molecular formula is C25H21N7OS. The molecule has 5 aromatic heterocycles. The van der Waals surface area contributed by atoms with Crippen molar-refractivity contribution in [3.63, 3.8) is 0 Å². The van der Waals surface area contributed by atoms with Crippen molar-refractivity contribution in [2.75, 3.05) is 5.32 Å². The number of aromatic nitrogens is 6. The van der Waals surface area contributed by atoms with Gasteiger partial charge in [0.05, 0.1) is 23.8 Å². The molecule has 8 nitrogen and oxygen atoms in total. The van der Waals surface area contributed by atoms with Crippen LogP contribution in [-0.4, -0.2) is 28.9 Å². The van der Waals surface area contributed by atoms with Crippen molar-refractivity contribution in [2.45, 2.75) is 13.0 Å². The maximum absolute atomic E-state index is 14.0. The monoisotopic (exact) mass is 467 g/mol. The van der Waals surface area contributed by atoms with E-state index in [1.807, 2.05) is 68.0 Å². The van der Waals surface area contributed by atoms with Crippen LogP contribution in [0.3, 0.4) is 0 Å². The van der Waals surface area contributed by atoms with E-state index in [1.165, 1.54) is 0 Å². The van der Waals surface area contributed by atoms with Gasteiger partial charge in [0.15, 0.2) is 5.65 Å². The zero-order valence-corrected chi connectivity index (χ0v) is 19.4. The normalized spacial score (nSPS) is 12.4. The van der Waals surface area contributed by atoms with E-state index in [4.69, 9.17) is 0 Å². The number of hydrogen-bond acceptors (Lipinski definition) is 6. The zero-order chi connectivity index (χ0) is 23.2. The van der Waals surface area contributed by atoms with Gasteiger partial charge in [-0.2, -0.15) is 14.7 Å². The van der Waals surface area contributed by atoms with Gasteiger partial charge in [0.25, 0.3) is 5.56 Å². The maximum atomic E-state index is 14.0. The molecule has 0 aliphatic heterocycles. The Morgan fingerprint density at radius 2 is 1.91 bits per heavy atom. The molecule has 0 bridgehead atoms. The minimum absolute atomic E-state index is 0.0496. The number of rotatable bonds is 5. The number of benzene rings is 1. The molecule has 0 radical (unpaired) electrons. The quantitative estimate of drug-likeness (QED) is 0.399. The van der Waals surface area contributed by atoms with E-state index in [0.29, 0.717) is 5.39 Å². The lowest BCUT2D eigenvalue weighted by molar-refractivity contribution is 0.764. The van der Waals surface area contributed by atoms with Gasteiger partial charge in [-0.15, -0.1) is 11.3 Å². The number of nitrogens with one attached hydrogen (secondary N) is 1. The molecular weight excluding hydrogens is 446 g/mol. The first kappa shape index (κ1) is 20.4. The van der Waals surface area contributed by atoms with Crippen molar-refractivity contribution in [3.8, 4) is 16.8 Å². The fraction of sp³-hybridized carbons (Fsp3) is 0.120. The molecule has 0 aliphatic rings. The molecule has 1 N–H and O–H groups in total. The summed E-state index contributed by atoms with van der Waals surface area (Å²) < 4.78 is 6.25. The fourth-order valence-corrected chi connectivity index (χ4v) is 5.30. The van der Waals surface area contributed by atoms with Crippen molar-refractivity contribution < 1.29 is 0 Å². The van der Waals surface area contributed by atoms with Gasteiger partial charge in [-0.1, -0.05) is 18.2 Å². The second-order valence-corrected chi connectivity index (χ2v) is 9.05. The van der Waals surface area contributed by atoms with Gasteiger partial charge in [0.2, 0.25) is 0 Å². The largest absolute Gasteiger partial charge is 0.362 e. The van der Waals surface area contributed by atoms with E-state index in [9.17, 15) is 4.79 Å². The number of thiophene rings is 1. The van der Waals surface area contributed by atoms with Gasteiger partial charge in [0.1, 0.15) is 5.82 Å². The summed E-state index contributed by atoms with van der Waals surface area (Å²) in [5.74, 6) is 0.803. The predicted molar refractivity (Wildman–Crippen MR) is 135 cm³/mol. The van der Waals surface area contributed by atoms with E-state index in [0.717, 1.165) is 38.7 Å². The minimum Gasteiger partial charge on any atom is -0.362 e. The first-order valence-electron chi connectivity index (χ1n) is 10.9. The van der Waals surface area contributed by atoms with Gasteiger partial charge in [-0.3, -0.25) is 14.0 Å². The molecule has 0 spiro atoms.